The van der Waals surface area contributed by atoms with Crippen LogP contribution in [-0.2, 0) is 14.3 Å². The van der Waals surface area contributed by atoms with Crippen LogP contribution in [0.15, 0.2) is 36.5 Å². The summed E-state index contributed by atoms with van der Waals surface area (Å²) in [4.78, 5) is 24.7. The summed E-state index contributed by atoms with van der Waals surface area (Å²) >= 11 is 0. The fourth-order valence-electron chi connectivity index (χ4n) is 13.0. The molecule has 3 N–H and O–H groups in total. The van der Waals surface area contributed by atoms with Crippen LogP contribution in [-0.4, -0.2) is 47.4 Å². The van der Waals surface area contributed by atoms with Gasteiger partial charge in [0.05, 0.1) is 25.4 Å². The molecule has 0 saturated heterocycles. The predicted octanol–water partition coefficient (Wildman–Crippen LogP) is 27.0. The second-order valence-corrected chi connectivity index (χ2v) is 28.1. The zero-order valence-electron chi connectivity index (χ0n) is 60.4. The van der Waals surface area contributed by atoms with Gasteiger partial charge in [0.2, 0.25) is 5.91 Å². The number of hydrogen-bond acceptors (Lipinski definition) is 5. The molecule has 6 heteroatoms. The summed E-state index contributed by atoms with van der Waals surface area (Å²) in [5.41, 5.74) is 0. The molecule has 6 nitrogen and oxygen atoms in total. The highest BCUT2D eigenvalue weighted by molar-refractivity contribution is 5.76. The summed E-state index contributed by atoms with van der Waals surface area (Å²) in [5.74, 6) is -0.0120. The third-order valence-electron chi connectivity index (χ3n) is 19.2. The summed E-state index contributed by atoms with van der Waals surface area (Å²) in [6.45, 7) is 4.98. The lowest BCUT2D eigenvalue weighted by atomic mass is 10.0. The summed E-state index contributed by atoms with van der Waals surface area (Å²) < 4.78 is 5.51. The molecule has 0 rings (SSSR count). The molecule has 0 aromatic rings. The van der Waals surface area contributed by atoms with E-state index in [1.54, 1.807) is 0 Å². The van der Waals surface area contributed by atoms with Crippen molar-refractivity contribution in [3.05, 3.63) is 36.5 Å². The second-order valence-electron chi connectivity index (χ2n) is 28.1. The number of carbonyl (C=O) groups excluding carboxylic acids is 2. The van der Waals surface area contributed by atoms with Gasteiger partial charge in [-0.25, -0.2) is 0 Å². The number of hydrogen-bond donors (Lipinski definition) is 3. The minimum Gasteiger partial charge on any atom is -0.466 e. The Labute approximate surface area is 557 Å². The molecule has 0 aliphatic heterocycles. The number of amides is 1. The van der Waals surface area contributed by atoms with Gasteiger partial charge in [-0.15, -0.1) is 0 Å². The van der Waals surface area contributed by atoms with E-state index in [-0.39, 0.29) is 18.5 Å². The lowest BCUT2D eigenvalue weighted by Gasteiger charge is -2.22. The van der Waals surface area contributed by atoms with Gasteiger partial charge in [0, 0.05) is 12.8 Å². The summed E-state index contributed by atoms with van der Waals surface area (Å²) in [6, 6.07) is -0.539. The molecule has 89 heavy (non-hydrogen) atoms. The number of carbonyl (C=O) groups is 2. The Morgan fingerprint density at radius 2 is 0.562 bits per heavy atom. The van der Waals surface area contributed by atoms with E-state index in [0.717, 1.165) is 51.4 Å². The Balaban J connectivity index is 3.32. The summed E-state index contributed by atoms with van der Waals surface area (Å²) in [6.07, 6.45) is 102. The summed E-state index contributed by atoms with van der Waals surface area (Å²) in [5, 5.41) is 23.4. The molecule has 0 saturated carbocycles. The van der Waals surface area contributed by atoms with Crippen LogP contribution in [0.4, 0.5) is 0 Å². The van der Waals surface area contributed by atoms with Crippen molar-refractivity contribution in [3.8, 4) is 0 Å². The first-order valence-electron chi connectivity index (χ1n) is 40.7. The number of unbranched alkanes of at least 4 members (excludes halogenated alkanes) is 60. The van der Waals surface area contributed by atoms with Gasteiger partial charge < -0.3 is 20.3 Å². The first-order chi connectivity index (χ1) is 44.0. The number of nitrogens with one attached hydrogen (secondary N) is 1. The molecule has 2 unspecified atom stereocenters. The van der Waals surface area contributed by atoms with Crippen molar-refractivity contribution in [2.24, 2.45) is 0 Å². The SMILES string of the molecule is CCCCCC/C=C\C/C=C\CCCCCCCCCC(=O)OCCCCCCCCCCCCCCCCCC/C=C\CCCCCCCCCCCCCCCCCCCC(=O)NC(CO)C(O)CCCCCCCCCCCCCCCCCCC. The Bertz CT molecular complexity index is 1440. The van der Waals surface area contributed by atoms with Gasteiger partial charge in [-0.3, -0.25) is 9.59 Å². The van der Waals surface area contributed by atoms with Crippen LogP contribution < -0.4 is 5.32 Å². The average Bonchev–Trinajstić information content (AvgIpc) is 3.67. The molecular weight excluding hydrogens is 1090 g/mol. The fourth-order valence-corrected chi connectivity index (χ4v) is 13.0. The van der Waals surface area contributed by atoms with Gasteiger partial charge in [-0.2, -0.15) is 0 Å². The third-order valence-corrected chi connectivity index (χ3v) is 19.2. The monoisotopic (exact) mass is 1250 g/mol. The lowest BCUT2D eigenvalue weighted by Crippen LogP contribution is -2.45. The van der Waals surface area contributed by atoms with Crippen LogP contribution >= 0.6 is 0 Å². The van der Waals surface area contributed by atoms with Gasteiger partial charge in [-0.1, -0.05) is 397 Å². The minimum atomic E-state index is -0.662. The van der Waals surface area contributed by atoms with Crippen molar-refractivity contribution < 1.29 is 24.5 Å². The van der Waals surface area contributed by atoms with Gasteiger partial charge in [0.1, 0.15) is 0 Å². The van der Waals surface area contributed by atoms with E-state index in [1.807, 2.05) is 0 Å². The van der Waals surface area contributed by atoms with Crippen LogP contribution in [0.25, 0.3) is 0 Å². The quantitative estimate of drug-likeness (QED) is 0.0320. The molecule has 0 aromatic carbocycles. The standard InChI is InChI=1S/C83H159NO5/c1-3-5-7-9-11-13-15-17-19-21-45-49-53-57-61-65-69-73-77-83(88)89-78-74-70-66-62-58-54-50-46-42-40-38-36-34-32-30-28-26-24-22-23-25-27-29-31-33-35-37-39-41-44-48-52-56-60-64-68-72-76-82(87)84-80(79-85)81(86)75-71-67-63-59-55-51-47-43-20-18-16-14-12-10-8-6-4-2/h13,15,19,21-22,24,80-81,85-86H,3-12,14,16-18,20,23,25-79H2,1-2H3,(H,84,87)/b15-13-,21-19-,24-22-. The van der Waals surface area contributed by atoms with Crippen LogP contribution in [0.2, 0.25) is 0 Å². The van der Waals surface area contributed by atoms with Crippen molar-refractivity contribution >= 4 is 11.9 Å². The average molecular weight is 1250 g/mol. The highest BCUT2D eigenvalue weighted by atomic mass is 16.5. The van der Waals surface area contributed by atoms with E-state index in [0.29, 0.717) is 25.9 Å². The van der Waals surface area contributed by atoms with E-state index in [1.165, 1.54) is 372 Å². The number of ether oxygens (including phenoxy) is 1. The number of aliphatic hydroxyl groups is 2. The molecule has 2 atom stereocenters. The molecular formula is C83H159NO5. The minimum absolute atomic E-state index is 0.0148. The fraction of sp³-hybridized carbons (Fsp3) is 0.904. The first kappa shape index (κ1) is 87.1. The van der Waals surface area contributed by atoms with Gasteiger partial charge >= 0.3 is 5.97 Å². The van der Waals surface area contributed by atoms with E-state index in [9.17, 15) is 19.8 Å². The molecule has 0 aromatic heterocycles. The Hall–Kier alpha value is -1.92. The molecule has 0 spiro atoms. The number of rotatable bonds is 77. The maximum Gasteiger partial charge on any atom is 0.305 e. The van der Waals surface area contributed by atoms with Crippen LogP contribution in [0, 0.1) is 0 Å². The van der Waals surface area contributed by atoms with Crippen molar-refractivity contribution in [1.82, 2.24) is 5.32 Å². The van der Waals surface area contributed by atoms with Crippen molar-refractivity contribution in [3.63, 3.8) is 0 Å². The van der Waals surface area contributed by atoms with Gasteiger partial charge in [0.15, 0.2) is 0 Å². The first-order valence-corrected chi connectivity index (χ1v) is 40.7. The largest absolute Gasteiger partial charge is 0.466 e. The Morgan fingerprint density at radius 3 is 0.876 bits per heavy atom. The number of esters is 1. The zero-order chi connectivity index (χ0) is 64.2. The molecule has 0 aliphatic carbocycles. The van der Waals surface area contributed by atoms with E-state index in [2.05, 4.69) is 55.6 Å². The molecule has 0 fully saturated rings. The number of aliphatic hydroxyl groups excluding tert-OH is 2. The molecule has 0 bridgehead atoms. The second kappa shape index (κ2) is 78.5. The van der Waals surface area contributed by atoms with Gasteiger partial charge in [-0.05, 0) is 83.5 Å². The van der Waals surface area contributed by atoms with Crippen LogP contribution in [0.1, 0.15) is 457 Å². The van der Waals surface area contributed by atoms with Crippen LogP contribution in [0.5, 0.6) is 0 Å². The number of allylic oxidation sites excluding steroid dienone is 6. The molecule has 0 radical (unpaired) electrons. The smallest absolute Gasteiger partial charge is 0.305 e. The topological polar surface area (TPSA) is 95.9 Å². The van der Waals surface area contributed by atoms with E-state index < -0.39 is 12.1 Å². The van der Waals surface area contributed by atoms with Gasteiger partial charge in [0.25, 0.3) is 0 Å². The molecule has 0 heterocycles. The van der Waals surface area contributed by atoms with Crippen molar-refractivity contribution in [1.29, 1.82) is 0 Å². The predicted molar refractivity (Wildman–Crippen MR) is 393 cm³/mol. The van der Waals surface area contributed by atoms with E-state index >= 15 is 0 Å². The maximum atomic E-state index is 12.5. The molecule has 526 valence electrons. The summed E-state index contributed by atoms with van der Waals surface area (Å²) in [7, 11) is 0. The normalized spacial score (nSPS) is 12.6. The Morgan fingerprint density at radius 1 is 0.315 bits per heavy atom. The zero-order valence-corrected chi connectivity index (χ0v) is 60.4. The van der Waals surface area contributed by atoms with Crippen molar-refractivity contribution in [2.45, 2.75) is 469 Å². The molecule has 0 aliphatic rings. The van der Waals surface area contributed by atoms with Crippen LogP contribution in [0.3, 0.4) is 0 Å². The highest BCUT2D eigenvalue weighted by Gasteiger charge is 2.20. The lowest BCUT2D eigenvalue weighted by molar-refractivity contribution is -0.143. The highest BCUT2D eigenvalue weighted by Crippen LogP contribution is 2.20. The van der Waals surface area contributed by atoms with E-state index in [4.69, 9.17) is 4.74 Å². The van der Waals surface area contributed by atoms with Crippen molar-refractivity contribution in [2.75, 3.05) is 13.2 Å². The Kier molecular flexibility index (Phi) is 76.8. The maximum absolute atomic E-state index is 12.5. The molecule has 1 amide bonds. The third kappa shape index (κ3) is 75.0.